The number of hydrogen-bond donors (Lipinski definition) is 1. The number of ether oxygens (including phenoxy) is 2. The van der Waals surface area contributed by atoms with Crippen LogP contribution in [0.3, 0.4) is 0 Å². The molecule has 1 aromatic rings. The van der Waals surface area contributed by atoms with Crippen LogP contribution < -0.4 is 5.32 Å². The maximum Gasteiger partial charge on any atom is 0.410 e. The Bertz CT molecular complexity index is 916. The van der Waals surface area contributed by atoms with E-state index in [2.05, 4.69) is 5.32 Å². The molecule has 2 heterocycles. The Hall–Kier alpha value is -3.30. The molecule has 0 unspecified atom stereocenters. The van der Waals surface area contributed by atoms with E-state index in [0.717, 1.165) is 18.4 Å². The lowest BCUT2D eigenvalue weighted by Gasteiger charge is -2.42. The van der Waals surface area contributed by atoms with Crippen molar-refractivity contribution in [1.29, 1.82) is 0 Å². The third-order valence-electron chi connectivity index (χ3n) is 6.00. The van der Waals surface area contributed by atoms with E-state index in [4.69, 9.17) is 9.47 Å². The quantitative estimate of drug-likeness (QED) is 0.682. The molecule has 0 radical (unpaired) electrons. The maximum atomic E-state index is 13.7. The monoisotopic (exact) mass is 488 g/mol. The molecule has 0 bridgehead atoms. The van der Waals surface area contributed by atoms with Crippen molar-refractivity contribution >= 4 is 24.0 Å². The summed E-state index contributed by atoms with van der Waals surface area (Å²) in [7, 11) is 0. The van der Waals surface area contributed by atoms with Crippen molar-refractivity contribution in [3.63, 3.8) is 0 Å². The van der Waals surface area contributed by atoms with Crippen molar-refractivity contribution in [1.82, 2.24) is 20.0 Å². The largest absolute Gasteiger partial charge is 0.445 e. The second-order valence-electron chi connectivity index (χ2n) is 9.94. The van der Waals surface area contributed by atoms with E-state index >= 15 is 0 Å². The lowest BCUT2D eigenvalue weighted by atomic mass is 10.1. The Kier molecular flexibility index (Phi) is 8.58. The molecule has 2 aliphatic rings. The molecule has 4 amide bonds. The third-order valence-corrected chi connectivity index (χ3v) is 6.00. The molecule has 1 aromatic carbocycles. The van der Waals surface area contributed by atoms with Crippen LogP contribution in [0, 0.1) is 0 Å². The Morgan fingerprint density at radius 2 is 1.71 bits per heavy atom. The van der Waals surface area contributed by atoms with Gasteiger partial charge < -0.3 is 24.6 Å². The number of hydrogen-bond acceptors (Lipinski definition) is 6. The van der Waals surface area contributed by atoms with Crippen molar-refractivity contribution in [3.8, 4) is 0 Å². The van der Waals surface area contributed by atoms with Crippen LogP contribution >= 0.6 is 0 Å². The molecule has 2 saturated heterocycles. The van der Waals surface area contributed by atoms with Gasteiger partial charge in [0.15, 0.2) is 0 Å². The number of piperazine rings is 1. The van der Waals surface area contributed by atoms with Gasteiger partial charge in [0.25, 0.3) is 0 Å². The lowest BCUT2D eigenvalue weighted by Crippen LogP contribution is -2.63. The van der Waals surface area contributed by atoms with Crippen molar-refractivity contribution < 1.29 is 28.7 Å². The SMILES string of the molecule is CC(=O)NC[C@@H]1CCCN1C(=O)[C@H]1CN(C(=O)OC(C)(C)C)CCN1C(=O)OCc1ccccc1. The van der Waals surface area contributed by atoms with Crippen LogP contribution in [0.15, 0.2) is 30.3 Å². The third kappa shape index (κ3) is 7.34. The number of amides is 4. The average molecular weight is 489 g/mol. The van der Waals surface area contributed by atoms with Crippen LogP contribution in [0.25, 0.3) is 0 Å². The van der Waals surface area contributed by atoms with Gasteiger partial charge in [-0.1, -0.05) is 30.3 Å². The Labute approximate surface area is 206 Å². The van der Waals surface area contributed by atoms with E-state index in [1.54, 1.807) is 25.7 Å². The summed E-state index contributed by atoms with van der Waals surface area (Å²) in [5.41, 5.74) is 0.159. The number of carbonyl (C=O) groups is 4. The highest BCUT2D eigenvalue weighted by molar-refractivity contribution is 5.87. The zero-order chi connectivity index (χ0) is 25.6. The predicted molar refractivity (Wildman–Crippen MR) is 128 cm³/mol. The van der Waals surface area contributed by atoms with Gasteiger partial charge in [-0.3, -0.25) is 14.5 Å². The van der Waals surface area contributed by atoms with Crippen LogP contribution in [-0.4, -0.2) is 89.1 Å². The van der Waals surface area contributed by atoms with Gasteiger partial charge in [0.2, 0.25) is 11.8 Å². The van der Waals surface area contributed by atoms with Crippen LogP contribution in [0.1, 0.15) is 46.1 Å². The van der Waals surface area contributed by atoms with E-state index in [0.29, 0.717) is 13.1 Å². The van der Waals surface area contributed by atoms with Crippen molar-refractivity contribution in [2.24, 2.45) is 0 Å². The number of nitrogens with one attached hydrogen (secondary N) is 1. The molecule has 2 aliphatic heterocycles. The van der Waals surface area contributed by atoms with Crippen LogP contribution in [0.5, 0.6) is 0 Å². The van der Waals surface area contributed by atoms with Crippen LogP contribution in [-0.2, 0) is 25.7 Å². The molecule has 1 N–H and O–H groups in total. The van der Waals surface area contributed by atoms with E-state index < -0.39 is 23.8 Å². The van der Waals surface area contributed by atoms with Gasteiger partial charge in [-0.25, -0.2) is 9.59 Å². The number of rotatable bonds is 5. The van der Waals surface area contributed by atoms with E-state index in [1.165, 1.54) is 16.7 Å². The standard InChI is InChI=1S/C25H36N4O6/c1-18(30)26-15-20-11-8-12-28(20)22(31)21-16-27(23(32)35-25(2,3)4)13-14-29(21)24(33)34-17-19-9-6-5-7-10-19/h5-7,9-10,20-21H,8,11-17H2,1-4H3,(H,26,30)/t20-,21+/m0/s1. The van der Waals surface area contributed by atoms with Gasteiger partial charge in [-0.05, 0) is 39.2 Å². The fourth-order valence-electron chi connectivity index (χ4n) is 4.30. The first-order valence-electron chi connectivity index (χ1n) is 12.1. The fraction of sp³-hybridized carbons (Fsp3) is 0.600. The van der Waals surface area contributed by atoms with Gasteiger partial charge in [0.1, 0.15) is 18.2 Å². The van der Waals surface area contributed by atoms with E-state index in [-0.39, 0.29) is 44.1 Å². The van der Waals surface area contributed by atoms with E-state index in [9.17, 15) is 19.2 Å². The number of benzene rings is 1. The second-order valence-corrected chi connectivity index (χ2v) is 9.94. The molecule has 10 nitrogen and oxygen atoms in total. The van der Waals surface area contributed by atoms with Gasteiger partial charge in [-0.2, -0.15) is 0 Å². The highest BCUT2D eigenvalue weighted by Gasteiger charge is 2.43. The minimum atomic E-state index is -0.905. The number of nitrogens with zero attached hydrogens (tertiary/aromatic N) is 3. The smallest absolute Gasteiger partial charge is 0.410 e. The van der Waals surface area contributed by atoms with Crippen LogP contribution in [0.4, 0.5) is 9.59 Å². The van der Waals surface area contributed by atoms with Crippen molar-refractivity contribution in [2.75, 3.05) is 32.7 Å². The van der Waals surface area contributed by atoms with Gasteiger partial charge in [0, 0.05) is 39.1 Å². The molecule has 10 heteroatoms. The molecule has 2 fully saturated rings. The van der Waals surface area contributed by atoms with Crippen molar-refractivity contribution in [2.45, 2.75) is 64.8 Å². The molecule has 0 spiro atoms. The first-order valence-corrected chi connectivity index (χ1v) is 12.1. The zero-order valence-corrected chi connectivity index (χ0v) is 21.0. The van der Waals surface area contributed by atoms with Gasteiger partial charge in [-0.15, -0.1) is 0 Å². The van der Waals surface area contributed by atoms with Gasteiger partial charge in [0.05, 0.1) is 6.54 Å². The highest BCUT2D eigenvalue weighted by Crippen LogP contribution is 2.23. The molecule has 0 aliphatic carbocycles. The molecule has 3 rings (SSSR count). The fourth-order valence-corrected chi connectivity index (χ4v) is 4.30. The first-order chi connectivity index (χ1) is 16.5. The maximum absolute atomic E-state index is 13.7. The normalized spacial score (nSPS) is 20.4. The average Bonchev–Trinajstić information content (AvgIpc) is 3.28. The molecule has 35 heavy (non-hydrogen) atoms. The molecular weight excluding hydrogens is 452 g/mol. The zero-order valence-electron chi connectivity index (χ0n) is 21.0. The van der Waals surface area contributed by atoms with E-state index in [1.807, 2.05) is 30.3 Å². The molecule has 0 saturated carbocycles. The summed E-state index contributed by atoms with van der Waals surface area (Å²) in [6.07, 6.45) is 0.432. The number of likely N-dealkylation sites (tertiary alicyclic amines) is 1. The Morgan fingerprint density at radius 3 is 2.37 bits per heavy atom. The van der Waals surface area contributed by atoms with Gasteiger partial charge >= 0.3 is 12.2 Å². The summed E-state index contributed by atoms with van der Waals surface area (Å²) in [6.45, 7) is 8.12. The van der Waals surface area contributed by atoms with Crippen LogP contribution in [0.2, 0.25) is 0 Å². The molecule has 192 valence electrons. The Morgan fingerprint density at radius 1 is 1.00 bits per heavy atom. The summed E-state index contributed by atoms with van der Waals surface area (Å²) < 4.78 is 11.0. The second kappa shape index (κ2) is 11.4. The molecule has 2 atom stereocenters. The number of carbonyl (C=O) groups excluding carboxylic acids is 4. The Balaban J connectivity index is 1.75. The minimum absolute atomic E-state index is 0.0114. The molecular formula is C25H36N4O6. The minimum Gasteiger partial charge on any atom is -0.445 e. The molecule has 0 aromatic heterocycles. The summed E-state index contributed by atoms with van der Waals surface area (Å²) in [4.78, 5) is 55.4. The summed E-state index contributed by atoms with van der Waals surface area (Å²) in [5, 5.41) is 2.78. The summed E-state index contributed by atoms with van der Waals surface area (Å²) in [5.74, 6) is -0.424. The highest BCUT2D eigenvalue weighted by atomic mass is 16.6. The van der Waals surface area contributed by atoms with Crippen molar-refractivity contribution in [3.05, 3.63) is 35.9 Å². The summed E-state index contributed by atoms with van der Waals surface area (Å²) >= 11 is 0. The topological polar surface area (TPSA) is 108 Å². The first kappa shape index (κ1) is 26.3. The summed E-state index contributed by atoms with van der Waals surface area (Å²) in [6, 6.07) is 8.24. The lowest BCUT2D eigenvalue weighted by molar-refractivity contribution is -0.139. The predicted octanol–water partition coefficient (Wildman–Crippen LogP) is 2.37.